The molecule has 0 saturated heterocycles. The summed E-state index contributed by atoms with van der Waals surface area (Å²) in [6.45, 7) is 4.56. The second-order valence-electron chi connectivity index (χ2n) is 7.17. The molecule has 0 radical (unpaired) electrons. The fourth-order valence-electron chi connectivity index (χ4n) is 3.57. The van der Waals surface area contributed by atoms with Crippen molar-refractivity contribution in [2.24, 2.45) is 4.99 Å². The average molecular weight is 496 g/mol. The molecule has 1 aromatic carbocycles. The van der Waals surface area contributed by atoms with Crippen LogP contribution in [0.25, 0.3) is 0 Å². The maximum atomic E-state index is 4.83. The van der Waals surface area contributed by atoms with Crippen molar-refractivity contribution in [3.05, 3.63) is 48.0 Å². The van der Waals surface area contributed by atoms with E-state index in [0.29, 0.717) is 6.04 Å². The summed E-state index contributed by atoms with van der Waals surface area (Å²) in [6.07, 6.45) is 10.1. The van der Waals surface area contributed by atoms with Crippen LogP contribution in [-0.4, -0.2) is 39.9 Å². The number of hydrogen-bond donors (Lipinski definition) is 2. The van der Waals surface area contributed by atoms with Crippen LogP contribution in [0.15, 0.2) is 41.7 Å². The molecule has 154 valence electrons. The summed E-state index contributed by atoms with van der Waals surface area (Å²) in [6, 6.07) is 11.1. The molecule has 6 nitrogen and oxygen atoms in total. The van der Waals surface area contributed by atoms with Crippen molar-refractivity contribution in [2.45, 2.75) is 64.5 Å². The first-order valence-corrected chi connectivity index (χ1v) is 10.3. The van der Waals surface area contributed by atoms with Crippen molar-refractivity contribution in [3.63, 3.8) is 0 Å². The Morgan fingerprint density at radius 3 is 2.71 bits per heavy atom. The van der Waals surface area contributed by atoms with Crippen LogP contribution in [0.5, 0.6) is 0 Å². The summed E-state index contributed by atoms with van der Waals surface area (Å²) in [7, 11) is 0. The zero-order chi connectivity index (χ0) is 18.7. The Morgan fingerprint density at radius 1 is 1.18 bits per heavy atom. The predicted molar refractivity (Wildman–Crippen MR) is 125 cm³/mol. The molecule has 0 aliphatic heterocycles. The normalized spacial score (nSPS) is 15.1. The Hall–Kier alpha value is -1.64. The summed E-state index contributed by atoms with van der Waals surface area (Å²) < 4.78 is 2.11. The van der Waals surface area contributed by atoms with Gasteiger partial charge in [-0.3, -0.25) is 4.99 Å². The second kappa shape index (κ2) is 12.7. The molecule has 2 aromatic rings. The Kier molecular flexibility index (Phi) is 10.3. The highest BCUT2D eigenvalue weighted by molar-refractivity contribution is 14.0. The van der Waals surface area contributed by atoms with E-state index in [4.69, 9.17) is 4.99 Å². The molecule has 1 heterocycles. The lowest BCUT2D eigenvalue weighted by molar-refractivity contribution is 0.409. The van der Waals surface area contributed by atoms with Gasteiger partial charge in [-0.2, -0.15) is 0 Å². The Balaban J connectivity index is 0.00000280. The van der Waals surface area contributed by atoms with Gasteiger partial charge in [0, 0.05) is 32.1 Å². The SMILES string of the molecule is CCc1nncn1CCNC(=NCCc1ccccc1)NC1CCCCC1.I. The van der Waals surface area contributed by atoms with Crippen LogP contribution < -0.4 is 10.6 Å². The fraction of sp³-hybridized carbons (Fsp3) is 0.571. The Morgan fingerprint density at radius 2 is 1.96 bits per heavy atom. The van der Waals surface area contributed by atoms with Gasteiger partial charge < -0.3 is 15.2 Å². The topological polar surface area (TPSA) is 67.1 Å². The number of aromatic nitrogens is 3. The van der Waals surface area contributed by atoms with Crippen molar-refractivity contribution in [2.75, 3.05) is 13.1 Å². The summed E-state index contributed by atoms with van der Waals surface area (Å²) in [5, 5.41) is 15.3. The third-order valence-electron chi connectivity index (χ3n) is 5.12. The third-order valence-corrected chi connectivity index (χ3v) is 5.12. The molecule has 1 aromatic heterocycles. The summed E-state index contributed by atoms with van der Waals surface area (Å²) >= 11 is 0. The highest BCUT2D eigenvalue weighted by atomic mass is 127. The smallest absolute Gasteiger partial charge is 0.191 e. The number of halogens is 1. The van der Waals surface area contributed by atoms with Crippen LogP contribution >= 0.6 is 24.0 Å². The van der Waals surface area contributed by atoms with E-state index in [0.717, 1.165) is 44.3 Å². The van der Waals surface area contributed by atoms with Gasteiger partial charge in [-0.15, -0.1) is 34.2 Å². The molecule has 0 bridgehead atoms. The van der Waals surface area contributed by atoms with Crippen molar-refractivity contribution in [3.8, 4) is 0 Å². The van der Waals surface area contributed by atoms with Crippen LogP contribution in [0.3, 0.4) is 0 Å². The number of aliphatic imine (C=N–C) groups is 1. The van der Waals surface area contributed by atoms with Gasteiger partial charge >= 0.3 is 0 Å². The van der Waals surface area contributed by atoms with Gasteiger partial charge in [-0.25, -0.2) is 0 Å². The van der Waals surface area contributed by atoms with E-state index in [2.05, 4.69) is 62.7 Å². The number of hydrogen-bond acceptors (Lipinski definition) is 3. The summed E-state index contributed by atoms with van der Waals surface area (Å²) in [5.41, 5.74) is 1.33. The number of nitrogens with one attached hydrogen (secondary N) is 2. The van der Waals surface area contributed by atoms with Gasteiger partial charge in [0.15, 0.2) is 5.96 Å². The molecular weight excluding hydrogens is 463 g/mol. The largest absolute Gasteiger partial charge is 0.355 e. The molecule has 1 aliphatic rings. The molecule has 1 aliphatic carbocycles. The van der Waals surface area contributed by atoms with E-state index in [1.165, 1.54) is 37.7 Å². The van der Waals surface area contributed by atoms with E-state index < -0.39 is 0 Å². The van der Waals surface area contributed by atoms with E-state index in [1.807, 2.05) is 0 Å². The van der Waals surface area contributed by atoms with Gasteiger partial charge in [-0.1, -0.05) is 56.5 Å². The first-order chi connectivity index (χ1) is 13.3. The Labute approximate surface area is 185 Å². The van der Waals surface area contributed by atoms with Crippen LogP contribution in [-0.2, 0) is 19.4 Å². The average Bonchev–Trinajstić information content (AvgIpc) is 3.17. The van der Waals surface area contributed by atoms with Crippen molar-refractivity contribution >= 4 is 29.9 Å². The lowest BCUT2D eigenvalue weighted by atomic mass is 9.96. The first-order valence-electron chi connectivity index (χ1n) is 10.3. The van der Waals surface area contributed by atoms with Crippen molar-refractivity contribution in [1.82, 2.24) is 25.4 Å². The zero-order valence-corrected chi connectivity index (χ0v) is 19.1. The molecule has 1 saturated carbocycles. The molecule has 2 N–H and O–H groups in total. The van der Waals surface area contributed by atoms with Gasteiger partial charge in [0.1, 0.15) is 12.2 Å². The Bertz CT molecular complexity index is 694. The lowest BCUT2D eigenvalue weighted by Crippen LogP contribution is -2.45. The van der Waals surface area contributed by atoms with Crippen LogP contribution in [0.4, 0.5) is 0 Å². The zero-order valence-electron chi connectivity index (χ0n) is 16.8. The summed E-state index contributed by atoms with van der Waals surface area (Å²) in [4.78, 5) is 4.83. The highest BCUT2D eigenvalue weighted by Gasteiger charge is 2.14. The van der Waals surface area contributed by atoms with Crippen LogP contribution in [0.1, 0.15) is 50.4 Å². The molecule has 3 rings (SSSR count). The van der Waals surface area contributed by atoms with Crippen LogP contribution in [0, 0.1) is 0 Å². The maximum Gasteiger partial charge on any atom is 0.191 e. The van der Waals surface area contributed by atoms with Gasteiger partial charge in [-0.05, 0) is 24.8 Å². The third kappa shape index (κ3) is 7.41. The van der Waals surface area contributed by atoms with E-state index in [-0.39, 0.29) is 24.0 Å². The molecular formula is C21H33IN6. The molecule has 1 fully saturated rings. The highest BCUT2D eigenvalue weighted by Crippen LogP contribution is 2.17. The minimum Gasteiger partial charge on any atom is -0.355 e. The maximum absolute atomic E-state index is 4.83. The lowest BCUT2D eigenvalue weighted by Gasteiger charge is -2.25. The number of nitrogens with zero attached hydrogens (tertiary/aromatic N) is 4. The molecule has 28 heavy (non-hydrogen) atoms. The molecule has 7 heteroatoms. The number of aryl methyl sites for hydroxylation is 1. The molecule has 0 unspecified atom stereocenters. The minimum atomic E-state index is 0. The number of benzene rings is 1. The first kappa shape index (κ1) is 22.6. The quantitative estimate of drug-likeness (QED) is 0.333. The van der Waals surface area contributed by atoms with Crippen molar-refractivity contribution < 1.29 is 0 Å². The number of rotatable bonds is 8. The standard InChI is InChI=1S/C21H32N6.HI/c1-2-20-26-24-17-27(20)16-15-23-21(25-19-11-7-4-8-12-19)22-14-13-18-9-5-3-6-10-18;/h3,5-6,9-10,17,19H,2,4,7-8,11-16H2,1H3,(H2,22,23,25);1H. The predicted octanol–water partition coefficient (Wildman–Crippen LogP) is 3.57. The second-order valence-corrected chi connectivity index (χ2v) is 7.17. The monoisotopic (exact) mass is 496 g/mol. The van der Waals surface area contributed by atoms with Crippen molar-refractivity contribution in [1.29, 1.82) is 0 Å². The molecule has 0 amide bonds. The minimum absolute atomic E-state index is 0. The van der Waals surface area contributed by atoms with Gasteiger partial charge in [0.25, 0.3) is 0 Å². The van der Waals surface area contributed by atoms with E-state index in [9.17, 15) is 0 Å². The van der Waals surface area contributed by atoms with E-state index in [1.54, 1.807) is 6.33 Å². The molecule has 0 spiro atoms. The fourth-order valence-corrected chi connectivity index (χ4v) is 3.57. The van der Waals surface area contributed by atoms with Gasteiger partial charge in [0.05, 0.1) is 0 Å². The van der Waals surface area contributed by atoms with E-state index >= 15 is 0 Å². The summed E-state index contributed by atoms with van der Waals surface area (Å²) in [5.74, 6) is 1.96. The number of guanidine groups is 1. The molecule has 0 atom stereocenters. The van der Waals surface area contributed by atoms with Crippen LogP contribution in [0.2, 0.25) is 0 Å². The van der Waals surface area contributed by atoms with Gasteiger partial charge in [0.2, 0.25) is 0 Å².